The summed E-state index contributed by atoms with van der Waals surface area (Å²) >= 11 is 12.8. The van der Waals surface area contributed by atoms with Crippen LogP contribution in [-0.4, -0.2) is 71.0 Å². The number of hydrogen-bond acceptors (Lipinski definition) is 6. The second kappa shape index (κ2) is 8.53. The molecular formula is C21H21Cl2N5O3. The van der Waals surface area contributed by atoms with Crippen molar-refractivity contribution in [2.45, 2.75) is 12.5 Å². The lowest BCUT2D eigenvalue weighted by Gasteiger charge is -2.27. The number of halogens is 2. The van der Waals surface area contributed by atoms with E-state index in [2.05, 4.69) is 9.88 Å². The maximum atomic E-state index is 12.4. The maximum absolute atomic E-state index is 12.4. The predicted octanol–water partition coefficient (Wildman–Crippen LogP) is 3.77. The molecule has 2 aromatic heterocycles. The van der Waals surface area contributed by atoms with Crippen LogP contribution in [0.4, 0.5) is 10.6 Å². The molecule has 5 rings (SSSR count). The number of ether oxygens (including phenoxy) is 2. The number of imidazole rings is 1. The second-order valence-electron chi connectivity index (χ2n) is 7.57. The summed E-state index contributed by atoms with van der Waals surface area (Å²) in [6.07, 6.45) is 5.59. The van der Waals surface area contributed by atoms with Gasteiger partial charge in [0.05, 0.1) is 47.3 Å². The summed E-state index contributed by atoms with van der Waals surface area (Å²) in [5, 5.41) is 1.75. The van der Waals surface area contributed by atoms with Crippen LogP contribution < -0.4 is 4.90 Å². The molecule has 1 amide bonds. The molecule has 2 fully saturated rings. The van der Waals surface area contributed by atoms with Gasteiger partial charge in [0.15, 0.2) is 0 Å². The molecule has 0 N–H and O–H groups in total. The largest absolute Gasteiger partial charge is 0.444 e. The normalized spacial score (nSPS) is 19.2. The van der Waals surface area contributed by atoms with Crippen molar-refractivity contribution in [3.63, 3.8) is 0 Å². The smallest absolute Gasteiger partial charge is 0.410 e. The third-order valence-electron chi connectivity index (χ3n) is 5.63. The van der Waals surface area contributed by atoms with Crippen LogP contribution in [-0.2, 0) is 9.47 Å². The summed E-state index contributed by atoms with van der Waals surface area (Å²) in [5.74, 6) is 0.755. The number of carbonyl (C=O) groups is 1. The number of benzene rings is 1. The van der Waals surface area contributed by atoms with Crippen molar-refractivity contribution >= 4 is 46.0 Å². The first-order valence-electron chi connectivity index (χ1n) is 10.2. The fraction of sp³-hybridized carbons (Fsp3) is 0.381. The zero-order chi connectivity index (χ0) is 21.4. The quantitative estimate of drug-likeness (QED) is 0.590. The number of rotatable bonds is 3. The van der Waals surface area contributed by atoms with E-state index in [4.69, 9.17) is 37.7 Å². The maximum Gasteiger partial charge on any atom is 0.410 e. The molecule has 0 bridgehead atoms. The lowest BCUT2D eigenvalue weighted by Crippen LogP contribution is -2.42. The predicted molar refractivity (Wildman–Crippen MR) is 118 cm³/mol. The van der Waals surface area contributed by atoms with Gasteiger partial charge in [-0.2, -0.15) is 0 Å². The lowest BCUT2D eigenvalue weighted by atomic mass is 10.1. The van der Waals surface area contributed by atoms with Crippen LogP contribution in [0.3, 0.4) is 0 Å². The van der Waals surface area contributed by atoms with E-state index in [1.54, 1.807) is 23.5 Å². The van der Waals surface area contributed by atoms with Crippen LogP contribution in [0.2, 0.25) is 10.0 Å². The summed E-state index contributed by atoms with van der Waals surface area (Å²) < 4.78 is 13.0. The van der Waals surface area contributed by atoms with Crippen LogP contribution in [0.15, 0.2) is 36.9 Å². The Morgan fingerprint density at radius 1 is 1.19 bits per heavy atom. The summed E-state index contributed by atoms with van der Waals surface area (Å²) in [4.78, 5) is 25.2. The SMILES string of the molecule is O=C(O[C@@H]1CCN(c2cc(-n3ccnc3)c3ccc(Cl)c(Cl)c3n2)C1)N1CCOCC1. The van der Waals surface area contributed by atoms with Gasteiger partial charge in [0, 0.05) is 49.9 Å². The van der Waals surface area contributed by atoms with Crippen molar-refractivity contribution in [1.82, 2.24) is 19.4 Å². The summed E-state index contributed by atoms with van der Waals surface area (Å²) in [6, 6.07) is 5.68. The van der Waals surface area contributed by atoms with E-state index in [9.17, 15) is 4.79 Å². The molecule has 0 radical (unpaired) electrons. The first kappa shape index (κ1) is 20.4. The number of morpholine rings is 1. The number of nitrogens with zero attached hydrogens (tertiary/aromatic N) is 5. The van der Waals surface area contributed by atoms with Crippen molar-refractivity contribution in [2.24, 2.45) is 0 Å². The topological polar surface area (TPSA) is 72.7 Å². The zero-order valence-electron chi connectivity index (χ0n) is 16.7. The highest BCUT2D eigenvalue weighted by molar-refractivity contribution is 6.45. The van der Waals surface area contributed by atoms with Crippen molar-refractivity contribution in [3.8, 4) is 5.69 Å². The number of hydrogen-bond donors (Lipinski definition) is 0. The second-order valence-corrected chi connectivity index (χ2v) is 8.35. The van der Waals surface area contributed by atoms with Crippen LogP contribution >= 0.6 is 23.2 Å². The third kappa shape index (κ3) is 4.03. The van der Waals surface area contributed by atoms with Gasteiger partial charge in [-0.05, 0) is 12.1 Å². The molecule has 3 aromatic rings. The molecule has 0 aliphatic carbocycles. The first-order valence-corrected chi connectivity index (χ1v) is 10.9. The Balaban J connectivity index is 1.41. The highest BCUT2D eigenvalue weighted by Crippen LogP contribution is 2.35. The van der Waals surface area contributed by atoms with E-state index in [1.807, 2.05) is 22.9 Å². The summed E-state index contributed by atoms with van der Waals surface area (Å²) in [7, 11) is 0. The Labute approximate surface area is 189 Å². The standard InChI is InChI=1S/C21H21Cl2N5O3/c22-16-2-1-15-17(28-6-4-24-13-28)11-18(25-20(15)19(16)23)27-5-3-14(12-27)31-21(29)26-7-9-30-10-8-26/h1-2,4,6,11,13-14H,3,5,7-10,12H2/t14-/m1/s1. The highest BCUT2D eigenvalue weighted by Gasteiger charge is 2.29. The number of anilines is 1. The Morgan fingerprint density at radius 3 is 2.81 bits per heavy atom. The molecule has 10 heteroatoms. The Hall–Kier alpha value is -2.55. The monoisotopic (exact) mass is 461 g/mol. The van der Waals surface area contributed by atoms with Crippen LogP contribution in [0, 0.1) is 0 Å². The average Bonchev–Trinajstić information content (AvgIpc) is 3.49. The molecular weight excluding hydrogens is 441 g/mol. The molecule has 1 atom stereocenters. The fourth-order valence-electron chi connectivity index (χ4n) is 3.98. The number of fused-ring (bicyclic) bond motifs is 1. The van der Waals surface area contributed by atoms with Gasteiger partial charge in [0.25, 0.3) is 0 Å². The molecule has 162 valence electrons. The summed E-state index contributed by atoms with van der Waals surface area (Å²) in [5.41, 5.74) is 1.54. The van der Waals surface area contributed by atoms with Crippen molar-refractivity contribution in [1.29, 1.82) is 0 Å². The van der Waals surface area contributed by atoms with Crippen LogP contribution in [0.5, 0.6) is 0 Å². The number of carbonyl (C=O) groups excluding carboxylic acids is 1. The molecule has 0 saturated carbocycles. The van der Waals surface area contributed by atoms with Crippen LogP contribution in [0.1, 0.15) is 6.42 Å². The molecule has 4 heterocycles. The minimum Gasteiger partial charge on any atom is -0.444 e. The highest BCUT2D eigenvalue weighted by atomic mass is 35.5. The van der Waals surface area contributed by atoms with E-state index in [0.29, 0.717) is 48.4 Å². The minimum atomic E-state index is -0.282. The number of aromatic nitrogens is 3. The van der Waals surface area contributed by atoms with E-state index in [-0.39, 0.29) is 12.2 Å². The van der Waals surface area contributed by atoms with Gasteiger partial charge >= 0.3 is 6.09 Å². The molecule has 0 spiro atoms. The van der Waals surface area contributed by atoms with Gasteiger partial charge in [-0.1, -0.05) is 23.2 Å². The van der Waals surface area contributed by atoms with E-state index < -0.39 is 0 Å². The van der Waals surface area contributed by atoms with Gasteiger partial charge in [-0.15, -0.1) is 0 Å². The molecule has 0 unspecified atom stereocenters. The molecule has 2 aliphatic heterocycles. The molecule has 2 aliphatic rings. The number of amides is 1. The van der Waals surface area contributed by atoms with E-state index in [1.165, 1.54) is 0 Å². The van der Waals surface area contributed by atoms with Crippen LogP contribution in [0.25, 0.3) is 16.6 Å². The Bertz CT molecular complexity index is 1100. The lowest BCUT2D eigenvalue weighted by molar-refractivity contribution is 0.0160. The van der Waals surface area contributed by atoms with Gasteiger partial charge in [-0.25, -0.2) is 14.8 Å². The Kier molecular flexibility index (Phi) is 5.60. The van der Waals surface area contributed by atoms with Crippen molar-refractivity contribution in [2.75, 3.05) is 44.3 Å². The van der Waals surface area contributed by atoms with Gasteiger partial charge < -0.3 is 23.8 Å². The average molecular weight is 462 g/mol. The van der Waals surface area contributed by atoms with E-state index >= 15 is 0 Å². The fourth-order valence-corrected chi connectivity index (χ4v) is 4.34. The summed E-state index contributed by atoms with van der Waals surface area (Å²) in [6.45, 7) is 3.52. The van der Waals surface area contributed by atoms with E-state index in [0.717, 1.165) is 29.9 Å². The molecule has 2 saturated heterocycles. The zero-order valence-corrected chi connectivity index (χ0v) is 18.2. The minimum absolute atomic E-state index is 0.195. The van der Waals surface area contributed by atoms with Crippen molar-refractivity contribution < 1.29 is 14.3 Å². The van der Waals surface area contributed by atoms with Gasteiger partial charge in [0.2, 0.25) is 0 Å². The first-order chi connectivity index (χ1) is 15.1. The molecule has 31 heavy (non-hydrogen) atoms. The van der Waals surface area contributed by atoms with Crippen molar-refractivity contribution in [3.05, 3.63) is 47.0 Å². The number of pyridine rings is 1. The Morgan fingerprint density at radius 2 is 2.03 bits per heavy atom. The van der Waals surface area contributed by atoms with Gasteiger partial charge in [0.1, 0.15) is 11.9 Å². The third-order valence-corrected chi connectivity index (χ3v) is 6.42. The van der Waals surface area contributed by atoms with Gasteiger partial charge in [-0.3, -0.25) is 0 Å². The molecule has 1 aromatic carbocycles. The molecule has 8 nitrogen and oxygen atoms in total.